The molecule has 22 heavy (non-hydrogen) atoms. The Morgan fingerprint density at radius 2 is 2.00 bits per heavy atom. The molecule has 1 saturated heterocycles. The normalized spacial score (nSPS) is 17.3. The lowest BCUT2D eigenvalue weighted by Gasteiger charge is -2.23. The number of rotatable bonds is 5. The Morgan fingerprint density at radius 1 is 1.32 bits per heavy atom. The van der Waals surface area contributed by atoms with Crippen molar-refractivity contribution in [1.82, 2.24) is 10.2 Å². The molecule has 2 amide bonds. The molecule has 118 valence electrons. The molecule has 0 aliphatic carbocycles. The van der Waals surface area contributed by atoms with E-state index in [0.29, 0.717) is 22.2 Å². The fourth-order valence-electron chi connectivity index (χ4n) is 2.03. The quantitative estimate of drug-likeness (QED) is 0.845. The lowest BCUT2D eigenvalue weighted by Crippen LogP contribution is -2.47. The minimum atomic E-state index is -0.977. The topological polar surface area (TPSA) is 86.7 Å². The van der Waals surface area contributed by atoms with Crippen LogP contribution in [0.2, 0.25) is 5.02 Å². The standard InChI is InChI=1S/C14H15ClN2O4S/c15-10-3-1-9(2-4-10)14(21)17-8-22-7-11(17)13(20)16-6-5-12(18)19/h1-4,11H,5-8H2,(H,16,20)(H,18,19). The van der Waals surface area contributed by atoms with Crippen LogP contribution >= 0.6 is 23.4 Å². The fraction of sp³-hybridized carbons (Fsp3) is 0.357. The molecule has 0 radical (unpaired) electrons. The monoisotopic (exact) mass is 342 g/mol. The molecule has 0 spiro atoms. The molecule has 2 rings (SSSR count). The predicted octanol–water partition coefficient (Wildman–Crippen LogP) is 1.45. The van der Waals surface area contributed by atoms with Gasteiger partial charge in [0.2, 0.25) is 5.91 Å². The molecule has 0 saturated carbocycles. The van der Waals surface area contributed by atoms with Crippen molar-refractivity contribution >= 4 is 41.1 Å². The van der Waals surface area contributed by atoms with Gasteiger partial charge in [0, 0.05) is 22.9 Å². The second-order valence-electron chi connectivity index (χ2n) is 4.73. The van der Waals surface area contributed by atoms with E-state index in [2.05, 4.69) is 5.32 Å². The number of carbonyl (C=O) groups is 3. The summed E-state index contributed by atoms with van der Waals surface area (Å²) >= 11 is 7.28. The molecule has 6 nitrogen and oxygen atoms in total. The number of aliphatic carboxylic acids is 1. The van der Waals surface area contributed by atoms with Gasteiger partial charge in [-0.15, -0.1) is 11.8 Å². The molecule has 8 heteroatoms. The molecule has 1 fully saturated rings. The largest absolute Gasteiger partial charge is 0.481 e. The van der Waals surface area contributed by atoms with Crippen molar-refractivity contribution in [2.45, 2.75) is 12.5 Å². The first-order valence-electron chi connectivity index (χ1n) is 6.63. The first-order chi connectivity index (χ1) is 10.5. The SMILES string of the molecule is O=C(O)CCNC(=O)C1CSCN1C(=O)c1ccc(Cl)cc1. The third-order valence-corrected chi connectivity index (χ3v) is 4.44. The number of carboxylic acid groups (broad SMARTS) is 1. The maximum atomic E-state index is 12.5. The molecule has 1 heterocycles. The Morgan fingerprint density at radius 3 is 2.64 bits per heavy atom. The Bertz CT molecular complexity index is 579. The zero-order chi connectivity index (χ0) is 16.1. The highest BCUT2D eigenvalue weighted by Gasteiger charge is 2.34. The molecule has 1 aliphatic heterocycles. The van der Waals surface area contributed by atoms with Gasteiger partial charge in [-0.3, -0.25) is 14.4 Å². The third-order valence-electron chi connectivity index (χ3n) is 3.18. The number of hydrogen-bond acceptors (Lipinski definition) is 4. The Labute approximate surface area is 136 Å². The Balaban J connectivity index is 2.00. The summed E-state index contributed by atoms with van der Waals surface area (Å²) in [5.41, 5.74) is 0.468. The average Bonchev–Trinajstić information content (AvgIpc) is 2.96. The number of carboxylic acids is 1. The number of nitrogens with zero attached hydrogens (tertiary/aromatic N) is 1. The number of benzene rings is 1. The molecule has 1 aromatic rings. The van der Waals surface area contributed by atoms with Gasteiger partial charge in [-0.25, -0.2) is 0 Å². The molecular formula is C14H15ClN2O4S. The third kappa shape index (κ3) is 4.14. The summed E-state index contributed by atoms with van der Waals surface area (Å²) in [6.07, 6.45) is -0.142. The molecule has 0 bridgehead atoms. The molecule has 2 N–H and O–H groups in total. The molecule has 0 aromatic heterocycles. The van der Waals surface area contributed by atoms with E-state index in [1.165, 1.54) is 16.7 Å². The molecule has 1 unspecified atom stereocenters. The number of nitrogens with one attached hydrogen (secondary N) is 1. The van der Waals surface area contributed by atoms with E-state index < -0.39 is 12.0 Å². The summed E-state index contributed by atoms with van der Waals surface area (Å²) in [7, 11) is 0. The van der Waals surface area contributed by atoms with Crippen molar-refractivity contribution in [2.75, 3.05) is 18.2 Å². The highest BCUT2D eigenvalue weighted by Crippen LogP contribution is 2.23. The summed E-state index contributed by atoms with van der Waals surface area (Å²) in [6.45, 7) is 0.0539. The van der Waals surface area contributed by atoms with Crippen molar-refractivity contribution in [1.29, 1.82) is 0 Å². The van der Waals surface area contributed by atoms with E-state index in [0.717, 1.165) is 0 Å². The smallest absolute Gasteiger partial charge is 0.305 e. The first kappa shape index (κ1) is 16.6. The van der Waals surface area contributed by atoms with Crippen LogP contribution in [-0.4, -0.2) is 52.0 Å². The van der Waals surface area contributed by atoms with Crippen LogP contribution in [0.25, 0.3) is 0 Å². The highest BCUT2D eigenvalue weighted by molar-refractivity contribution is 7.99. The van der Waals surface area contributed by atoms with E-state index in [4.69, 9.17) is 16.7 Å². The van der Waals surface area contributed by atoms with Crippen LogP contribution in [0, 0.1) is 0 Å². The average molecular weight is 343 g/mol. The lowest BCUT2D eigenvalue weighted by atomic mass is 10.1. The van der Waals surface area contributed by atoms with Crippen molar-refractivity contribution < 1.29 is 19.5 Å². The minimum Gasteiger partial charge on any atom is -0.481 e. The van der Waals surface area contributed by atoms with Gasteiger partial charge in [0.25, 0.3) is 5.91 Å². The maximum Gasteiger partial charge on any atom is 0.305 e. The summed E-state index contributed by atoms with van der Waals surface area (Å²) < 4.78 is 0. The number of hydrogen-bond donors (Lipinski definition) is 2. The van der Waals surface area contributed by atoms with Gasteiger partial charge in [-0.2, -0.15) is 0 Å². The van der Waals surface area contributed by atoms with Gasteiger partial charge < -0.3 is 15.3 Å². The van der Waals surface area contributed by atoms with Crippen LogP contribution < -0.4 is 5.32 Å². The van der Waals surface area contributed by atoms with Crippen LogP contribution in [0.1, 0.15) is 16.8 Å². The van der Waals surface area contributed by atoms with Gasteiger partial charge in [0.05, 0.1) is 12.3 Å². The second-order valence-corrected chi connectivity index (χ2v) is 6.17. The summed E-state index contributed by atoms with van der Waals surface area (Å²) in [4.78, 5) is 36.5. The van der Waals surface area contributed by atoms with E-state index in [1.54, 1.807) is 24.3 Å². The van der Waals surface area contributed by atoms with Crippen molar-refractivity contribution in [2.24, 2.45) is 0 Å². The van der Waals surface area contributed by atoms with E-state index in [9.17, 15) is 14.4 Å². The van der Waals surface area contributed by atoms with E-state index >= 15 is 0 Å². The predicted molar refractivity (Wildman–Crippen MR) is 84.0 cm³/mol. The number of halogens is 1. The van der Waals surface area contributed by atoms with Crippen LogP contribution in [0.4, 0.5) is 0 Å². The Hall–Kier alpha value is -1.73. The molecule has 1 aromatic carbocycles. The zero-order valence-corrected chi connectivity index (χ0v) is 13.2. The second kappa shape index (κ2) is 7.51. The van der Waals surface area contributed by atoms with Gasteiger partial charge in [0.15, 0.2) is 0 Å². The van der Waals surface area contributed by atoms with E-state index in [-0.39, 0.29) is 24.8 Å². The summed E-state index contributed by atoms with van der Waals surface area (Å²) in [5.74, 6) is -0.611. The zero-order valence-electron chi connectivity index (χ0n) is 11.6. The number of amides is 2. The highest BCUT2D eigenvalue weighted by atomic mass is 35.5. The molecule has 1 atom stereocenters. The van der Waals surface area contributed by atoms with Gasteiger partial charge in [-0.05, 0) is 24.3 Å². The molecular weight excluding hydrogens is 328 g/mol. The van der Waals surface area contributed by atoms with Gasteiger partial charge >= 0.3 is 5.97 Å². The van der Waals surface area contributed by atoms with Crippen LogP contribution in [0.15, 0.2) is 24.3 Å². The number of carbonyl (C=O) groups excluding carboxylic acids is 2. The summed E-state index contributed by atoms with van der Waals surface area (Å²) in [5, 5.41) is 11.7. The van der Waals surface area contributed by atoms with Crippen LogP contribution in [0.3, 0.4) is 0 Å². The number of thioether (sulfide) groups is 1. The first-order valence-corrected chi connectivity index (χ1v) is 8.16. The van der Waals surface area contributed by atoms with Crippen molar-refractivity contribution in [3.8, 4) is 0 Å². The molecule has 1 aliphatic rings. The Kier molecular flexibility index (Phi) is 5.68. The fourth-order valence-corrected chi connectivity index (χ4v) is 3.31. The van der Waals surface area contributed by atoms with Crippen LogP contribution in [-0.2, 0) is 9.59 Å². The maximum absolute atomic E-state index is 12.5. The van der Waals surface area contributed by atoms with Crippen molar-refractivity contribution in [3.63, 3.8) is 0 Å². The summed E-state index contributed by atoms with van der Waals surface area (Å²) in [6, 6.07) is 5.90. The minimum absolute atomic E-state index is 0.0539. The van der Waals surface area contributed by atoms with Gasteiger partial charge in [-0.1, -0.05) is 11.6 Å². The van der Waals surface area contributed by atoms with Gasteiger partial charge in [0.1, 0.15) is 6.04 Å². The van der Waals surface area contributed by atoms with E-state index in [1.807, 2.05) is 0 Å². The lowest BCUT2D eigenvalue weighted by molar-refractivity contribution is -0.137. The van der Waals surface area contributed by atoms with Crippen molar-refractivity contribution in [3.05, 3.63) is 34.9 Å². The van der Waals surface area contributed by atoms with Crippen LogP contribution in [0.5, 0.6) is 0 Å².